The molecule has 0 aromatic heterocycles. The van der Waals surface area contributed by atoms with Crippen LogP contribution in [-0.2, 0) is 4.79 Å². The fourth-order valence-corrected chi connectivity index (χ4v) is 1.58. The van der Waals surface area contributed by atoms with E-state index in [1.54, 1.807) is 0 Å². The third-order valence-electron chi connectivity index (χ3n) is 2.44. The van der Waals surface area contributed by atoms with Gasteiger partial charge in [-0.25, -0.2) is 0 Å². The number of aliphatic carboxylic acids is 1. The highest BCUT2D eigenvalue weighted by atomic mass is 16.4. The summed E-state index contributed by atoms with van der Waals surface area (Å²) in [7, 11) is 0. The number of rotatable bonds is 9. The van der Waals surface area contributed by atoms with E-state index in [0.717, 1.165) is 19.3 Å². The molecule has 0 bridgehead atoms. The molecule has 0 aliphatic rings. The first-order valence-corrected chi connectivity index (χ1v) is 5.82. The van der Waals surface area contributed by atoms with Gasteiger partial charge in [0.05, 0.1) is 6.42 Å². The molecule has 0 aliphatic heterocycles. The van der Waals surface area contributed by atoms with Gasteiger partial charge < -0.3 is 5.11 Å². The Morgan fingerprint density at radius 1 is 1.31 bits per heavy atom. The van der Waals surface area contributed by atoms with Crippen molar-refractivity contribution in [2.24, 2.45) is 11.0 Å². The molecule has 5 heteroatoms. The molecule has 1 unspecified atom stereocenters. The van der Waals surface area contributed by atoms with Gasteiger partial charge in [-0.2, -0.15) is 0 Å². The van der Waals surface area contributed by atoms with Crippen molar-refractivity contribution in [3.05, 3.63) is 10.4 Å². The summed E-state index contributed by atoms with van der Waals surface area (Å²) >= 11 is 0. The summed E-state index contributed by atoms with van der Waals surface area (Å²) in [4.78, 5) is 13.2. The minimum absolute atomic E-state index is 0.0613. The van der Waals surface area contributed by atoms with E-state index < -0.39 is 5.97 Å². The molecule has 0 saturated heterocycles. The Labute approximate surface area is 96.5 Å². The predicted molar refractivity (Wildman–Crippen MR) is 63.1 cm³/mol. The van der Waals surface area contributed by atoms with Crippen molar-refractivity contribution in [3.8, 4) is 0 Å². The third kappa shape index (κ3) is 9.34. The predicted octanol–water partition coefficient (Wildman–Crippen LogP) is 3.75. The summed E-state index contributed by atoms with van der Waals surface area (Å²) in [6, 6.07) is -0.387. The quantitative estimate of drug-likeness (QED) is 0.281. The van der Waals surface area contributed by atoms with Gasteiger partial charge in [-0.05, 0) is 17.9 Å². The van der Waals surface area contributed by atoms with Gasteiger partial charge in [0, 0.05) is 11.0 Å². The molecule has 1 atom stereocenters. The van der Waals surface area contributed by atoms with Gasteiger partial charge in [0.15, 0.2) is 0 Å². The second kappa shape index (κ2) is 9.04. The summed E-state index contributed by atoms with van der Waals surface area (Å²) in [6.45, 7) is 4.38. The Morgan fingerprint density at radius 3 is 2.44 bits per heavy atom. The normalized spacial score (nSPS) is 12.2. The number of unbranched alkanes of at least 4 members (excludes halogenated alkanes) is 2. The lowest BCUT2D eigenvalue weighted by Crippen LogP contribution is -2.10. The van der Waals surface area contributed by atoms with Crippen LogP contribution >= 0.6 is 0 Å². The van der Waals surface area contributed by atoms with Crippen LogP contribution in [0.25, 0.3) is 10.4 Å². The first-order valence-electron chi connectivity index (χ1n) is 5.82. The molecule has 0 saturated carbocycles. The number of carboxylic acid groups (broad SMARTS) is 1. The number of azide groups is 1. The molecule has 0 radical (unpaired) electrons. The third-order valence-corrected chi connectivity index (χ3v) is 2.44. The Hall–Kier alpha value is -1.22. The molecule has 0 fully saturated rings. The van der Waals surface area contributed by atoms with Gasteiger partial charge in [0.2, 0.25) is 0 Å². The molecular weight excluding hydrogens is 206 g/mol. The van der Waals surface area contributed by atoms with E-state index in [4.69, 9.17) is 10.6 Å². The second-order valence-corrected chi connectivity index (χ2v) is 4.49. The molecule has 0 aromatic carbocycles. The van der Waals surface area contributed by atoms with Crippen LogP contribution in [0.3, 0.4) is 0 Å². The van der Waals surface area contributed by atoms with Gasteiger partial charge in [-0.15, -0.1) is 0 Å². The summed E-state index contributed by atoms with van der Waals surface area (Å²) < 4.78 is 0. The van der Waals surface area contributed by atoms with E-state index >= 15 is 0 Å². The van der Waals surface area contributed by atoms with Crippen molar-refractivity contribution >= 4 is 5.97 Å². The first kappa shape index (κ1) is 14.8. The largest absolute Gasteiger partial charge is 0.481 e. The zero-order chi connectivity index (χ0) is 12.4. The van der Waals surface area contributed by atoms with Gasteiger partial charge in [0.1, 0.15) is 0 Å². The van der Waals surface area contributed by atoms with Crippen molar-refractivity contribution in [3.63, 3.8) is 0 Å². The second-order valence-electron chi connectivity index (χ2n) is 4.49. The molecule has 16 heavy (non-hydrogen) atoms. The number of carbonyl (C=O) groups is 1. The molecule has 0 amide bonds. The van der Waals surface area contributed by atoms with Crippen LogP contribution in [0.5, 0.6) is 0 Å². The average Bonchev–Trinajstić information content (AvgIpc) is 2.16. The van der Waals surface area contributed by atoms with E-state index in [-0.39, 0.29) is 12.5 Å². The van der Waals surface area contributed by atoms with Gasteiger partial charge in [-0.3, -0.25) is 4.79 Å². The minimum Gasteiger partial charge on any atom is -0.481 e. The van der Waals surface area contributed by atoms with Crippen LogP contribution in [0.4, 0.5) is 0 Å². The molecular formula is C11H21N3O2. The van der Waals surface area contributed by atoms with E-state index in [1.165, 1.54) is 6.42 Å². The maximum Gasteiger partial charge on any atom is 0.303 e. The molecule has 0 heterocycles. The Balaban J connectivity index is 3.68. The number of nitrogens with zero attached hydrogens (tertiary/aromatic N) is 3. The maximum atomic E-state index is 10.5. The van der Waals surface area contributed by atoms with Crippen molar-refractivity contribution in [1.29, 1.82) is 0 Å². The van der Waals surface area contributed by atoms with Gasteiger partial charge in [0.25, 0.3) is 0 Å². The van der Waals surface area contributed by atoms with Crippen LogP contribution in [0.2, 0.25) is 0 Å². The number of hydrogen-bond donors (Lipinski definition) is 1. The van der Waals surface area contributed by atoms with Crippen LogP contribution in [0.15, 0.2) is 5.11 Å². The number of carboxylic acids is 1. The highest BCUT2D eigenvalue weighted by molar-refractivity contribution is 5.67. The SMILES string of the molecule is CC(C)CCCCCC(CC(=O)O)N=[N+]=[N-]. The fourth-order valence-electron chi connectivity index (χ4n) is 1.58. The highest BCUT2D eigenvalue weighted by Crippen LogP contribution is 2.13. The molecule has 1 N–H and O–H groups in total. The van der Waals surface area contributed by atoms with Crippen LogP contribution in [0.1, 0.15) is 52.4 Å². The molecule has 0 aliphatic carbocycles. The maximum absolute atomic E-state index is 10.5. The molecule has 92 valence electrons. The molecule has 5 nitrogen and oxygen atoms in total. The Kier molecular flexibility index (Phi) is 8.35. The van der Waals surface area contributed by atoms with Crippen LogP contribution in [0, 0.1) is 5.92 Å². The average molecular weight is 227 g/mol. The van der Waals surface area contributed by atoms with E-state index in [1.807, 2.05) is 0 Å². The lowest BCUT2D eigenvalue weighted by molar-refractivity contribution is -0.137. The summed E-state index contributed by atoms with van der Waals surface area (Å²) in [5.74, 6) is -0.188. The first-order chi connectivity index (χ1) is 7.56. The van der Waals surface area contributed by atoms with E-state index in [2.05, 4.69) is 23.9 Å². The van der Waals surface area contributed by atoms with Crippen LogP contribution < -0.4 is 0 Å². The van der Waals surface area contributed by atoms with Crippen molar-refractivity contribution in [2.75, 3.05) is 0 Å². The molecule has 0 spiro atoms. The standard InChI is InChI=1S/C11H21N3O2/c1-9(2)6-4-3-5-7-10(13-14-12)8-11(15)16/h9-10H,3-8H2,1-2H3,(H,15,16). The lowest BCUT2D eigenvalue weighted by atomic mass is 10.0. The monoisotopic (exact) mass is 227 g/mol. The molecule has 0 aromatic rings. The molecule has 0 rings (SSSR count). The summed E-state index contributed by atoms with van der Waals surface area (Å²) in [6.07, 6.45) is 4.99. The van der Waals surface area contributed by atoms with Gasteiger partial charge >= 0.3 is 5.97 Å². The fraction of sp³-hybridized carbons (Fsp3) is 0.909. The Bertz CT molecular complexity index is 248. The topological polar surface area (TPSA) is 86.1 Å². The zero-order valence-corrected chi connectivity index (χ0v) is 10.1. The zero-order valence-electron chi connectivity index (χ0n) is 10.1. The van der Waals surface area contributed by atoms with Crippen molar-refractivity contribution in [2.45, 2.75) is 58.4 Å². The van der Waals surface area contributed by atoms with Crippen molar-refractivity contribution in [1.82, 2.24) is 0 Å². The van der Waals surface area contributed by atoms with Crippen molar-refractivity contribution < 1.29 is 9.90 Å². The minimum atomic E-state index is -0.903. The number of hydrogen-bond acceptors (Lipinski definition) is 2. The summed E-state index contributed by atoms with van der Waals surface area (Å²) in [5, 5.41) is 12.1. The summed E-state index contributed by atoms with van der Waals surface area (Å²) in [5.41, 5.74) is 8.29. The Morgan fingerprint density at radius 2 is 1.94 bits per heavy atom. The lowest BCUT2D eigenvalue weighted by Gasteiger charge is -2.08. The highest BCUT2D eigenvalue weighted by Gasteiger charge is 2.10. The van der Waals surface area contributed by atoms with Gasteiger partial charge in [-0.1, -0.05) is 44.6 Å². The van der Waals surface area contributed by atoms with E-state index in [0.29, 0.717) is 12.3 Å². The van der Waals surface area contributed by atoms with E-state index in [9.17, 15) is 4.79 Å². The van der Waals surface area contributed by atoms with Crippen LogP contribution in [-0.4, -0.2) is 17.1 Å². The smallest absolute Gasteiger partial charge is 0.303 e.